The highest BCUT2D eigenvalue weighted by Crippen LogP contribution is 2.31. The zero-order valence-electron chi connectivity index (χ0n) is 15.5. The highest BCUT2D eigenvalue weighted by Gasteiger charge is 2.52. The molecule has 4 amide bonds. The van der Waals surface area contributed by atoms with Gasteiger partial charge in [0.15, 0.2) is 0 Å². The van der Waals surface area contributed by atoms with E-state index in [1.165, 1.54) is 28.0 Å². The van der Waals surface area contributed by atoms with Crippen LogP contribution in [0.1, 0.15) is 28.8 Å². The van der Waals surface area contributed by atoms with Crippen LogP contribution in [0.15, 0.2) is 48.5 Å². The van der Waals surface area contributed by atoms with Crippen LogP contribution in [-0.4, -0.2) is 46.3 Å². The molecule has 2 fully saturated rings. The highest BCUT2D eigenvalue weighted by atomic mass is 35.5. The number of imide groups is 1. The molecule has 0 radical (unpaired) electrons. The quantitative estimate of drug-likeness (QED) is 0.782. The van der Waals surface area contributed by atoms with Crippen molar-refractivity contribution >= 4 is 29.4 Å². The standard InChI is InChI=1S/C21H19ClFN3O3/c22-15-5-3-4-14(12-15)13-26-19(28)21(24-20(26)29)8-10-25(11-9-21)18(27)16-6-1-2-7-17(16)23/h1-7,12H,8-11,13H2,(H,24,29). The van der Waals surface area contributed by atoms with E-state index in [0.29, 0.717) is 5.02 Å². The summed E-state index contributed by atoms with van der Waals surface area (Å²) in [7, 11) is 0. The molecule has 2 saturated heterocycles. The van der Waals surface area contributed by atoms with Crippen LogP contribution >= 0.6 is 11.6 Å². The summed E-state index contributed by atoms with van der Waals surface area (Å²) in [5.41, 5.74) is -0.264. The average Bonchev–Trinajstić information content (AvgIpc) is 2.93. The maximum absolute atomic E-state index is 13.9. The van der Waals surface area contributed by atoms with Crippen LogP contribution in [-0.2, 0) is 11.3 Å². The Bertz CT molecular complexity index is 989. The second-order valence-corrected chi connectivity index (χ2v) is 7.74. The maximum Gasteiger partial charge on any atom is 0.325 e. The van der Waals surface area contributed by atoms with E-state index in [0.717, 1.165) is 5.56 Å². The fourth-order valence-corrected chi connectivity index (χ4v) is 4.09. The van der Waals surface area contributed by atoms with E-state index in [1.807, 2.05) is 0 Å². The van der Waals surface area contributed by atoms with Crippen molar-refractivity contribution in [2.75, 3.05) is 13.1 Å². The lowest BCUT2D eigenvalue weighted by molar-refractivity contribution is -0.133. The number of amides is 4. The summed E-state index contributed by atoms with van der Waals surface area (Å²) in [4.78, 5) is 40.8. The van der Waals surface area contributed by atoms with E-state index in [2.05, 4.69) is 5.32 Å². The van der Waals surface area contributed by atoms with Gasteiger partial charge in [-0.3, -0.25) is 14.5 Å². The van der Waals surface area contributed by atoms with Crippen molar-refractivity contribution in [2.45, 2.75) is 24.9 Å². The number of nitrogens with zero attached hydrogens (tertiary/aromatic N) is 2. The van der Waals surface area contributed by atoms with Gasteiger partial charge in [0.05, 0.1) is 12.1 Å². The molecular formula is C21H19ClFN3O3. The van der Waals surface area contributed by atoms with Gasteiger partial charge < -0.3 is 10.2 Å². The van der Waals surface area contributed by atoms with Crippen molar-refractivity contribution in [1.82, 2.24) is 15.1 Å². The number of hydrogen-bond acceptors (Lipinski definition) is 3. The zero-order chi connectivity index (χ0) is 20.6. The lowest BCUT2D eigenvalue weighted by Crippen LogP contribution is -2.55. The summed E-state index contributed by atoms with van der Waals surface area (Å²) in [5.74, 6) is -1.29. The SMILES string of the molecule is O=C(c1ccccc1F)N1CCC2(CC1)NC(=O)N(Cc1cccc(Cl)c1)C2=O. The Morgan fingerprint density at radius 2 is 1.83 bits per heavy atom. The highest BCUT2D eigenvalue weighted by molar-refractivity contribution is 6.30. The molecule has 2 aliphatic heterocycles. The molecule has 29 heavy (non-hydrogen) atoms. The van der Waals surface area contributed by atoms with Gasteiger partial charge in [0, 0.05) is 18.1 Å². The molecule has 2 aromatic carbocycles. The number of hydrogen-bond donors (Lipinski definition) is 1. The van der Waals surface area contributed by atoms with Gasteiger partial charge in [-0.15, -0.1) is 0 Å². The predicted octanol–water partition coefficient (Wildman–Crippen LogP) is 3.21. The molecule has 8 heteroatoms. The predicted molar refractivity (Wildman–Crippen MR) is 105 cm³/mol. The van der Waals surface area contributed by atoms with Gasteiger partial charge in [-0.1, -0.05) is 35.9 Å². The van der Waals surface area contributed by atoms with Gasteiger partial charge in [-0.05, 0) is 42.7 Å². The van der Waals surface area contributed by atoms with E-state index >= 15 is 0 Å². The minimum absolute atomic E-state index is 0.00724. The minimum atomic E-state index is -1.03. The monoisotopic (exact) mass is 415 g/mol. The van der Waals surface area contributed by atoms with Crippen molar-refractivity contribution in [2.24, 2.45) is 0 Å². The largest absolute Gasteiger partial charge is 0.338 e. The van der Waals surface area contributed by atoms with Gasteiger partial charge in [0.2, 0.25) is 0 Å². The molecule has 0 bridgehead atoms. The summed E-state index contributed by atoms with van der Waals surface area (Å²) in [6, 6.07) is 12.4. The molecule has 150 valence electrons. The number of halogens is 2. The Hall–Kier alpha value is -2.93. The van der Waals surface area contributed by atoms with E-state index in [9.17, 15) is 18.8 Å². The number of piperidine rings is 1. The van der Waals surface area contributed by atoms with Crippen molar-refractivity contribution in [1.29, 1.82) is 0 Å². The third-order valence-corrected chi connectivity index (χ3v) is 5.72. The molecular weight excluding hydrogens is 397 g/mol. The number of likely N-dealkylation sites (tertiary alicyclic amines) is 1. The smallest absolute Gasteiger partial charge is 0.325 e. The maximum atomic E-state index is 13.9. The van der Waals surface area contributed by atoms with Gasteiger partial charge in [0.25, 0.3) is 11.8 Å². The minimum Gasteiger partial charge on any atom is -0.338 e. The zero-order valence-corrected chi connectivity index (χ0v) is 16.3. The Labute approximate surface area is 172 Å². The first-order chi connectivity index (χ1) is 13.9. The average molecular weight is 416 g/mol. The summed E-state index contributed by atoms with van der Waals surface area (Å²) < 4.78 is 13.9. The van der Waals surface area contributed by atoms with Crippen LogP contribution in [0.2, 0.25) is 5.02 Å². The van der Waals surface area contributed by atoms with Crippen LogP contribution in [0.4, 0.5) is 9.18 Å². The Morgan fingerprint density at radius 3 is 2.52 bits per heavy atom. The molecule has 1 N–H and O–H groups in total. The number of nitrogens with one attached hydrogen (secondary N) is 1. The summed E-state index contributed by atoms with van der Waals surface area (Å²) in [6.45, 7) is 0.638. The topological polar surface area (TPSA) is 69.7 Å². The van der Waals surface area contributed by atoms with Crippen LogP contribution in [0.5, 0.6) is 0 Å². The Balaban J connectivity index is 1.45. The molecule has 4 rings (SSSR count). The number of carbonyl (C=O) groups is 3. The molecule has 0 unspecified atom stereocenters. The second-order valence-electron chi connectivity index (χ2n) is 7.31. The fraction of sp³-hybridized carbons (Fsp3) is 0.286. The van der Waals surface area contributed by atoms with Gasteiger partial charge >= 0.3 is 6.03 Å². The van der Waals surface area contributed by atoms with Gasteiger partial charge in [-0.2, -0.15) is 0 Å². The van der Waals surface area contributed by atoms with Crippen LogP contribution in [0.25, 0.3) is 0 Å². The second kappa shape index (κ2) is 7.48. The summed E-state index contributed by atoms with van der Waals surface area (Å²) in [6.07, 6.45) is 0.563. The number of benzene rings is 2. The molecule has 2 aromatic rings. The molecule has 0 atom stereocenters. The molecule has 6 nitrogen and oxygen atoms in total. The van der Waals surface area contributed by atoms with Gasteiger partial charge in [0.1, 0.15) is 11.4 Å². The summed E-state index contributed by atoms with van der Waals surface area (Å²) in [5, 5.41) is 3.34. The number of rotatable bonds is 3. The van der Waals surface area contributed by atoms with E-state index < -0.39 is 23.3 Å². The molecule has 0 saturated carbocycles. The van der Waals surface area contributed by atoms with E-state index in [-0.39, 0.29) is 43.9 Å². The van der Waals surface area contributed by atoms with Crippen molar-refractivity contribution < 1.29 is 18.8 Å². The van der Waals surface area contributed by atoms with Crippen molar-refractivity contribution in [3.8, 4) is 0 Å². The third-order valence-electron chi connectivity index (χ3n) is 5.48. The Kier molecular flexibility index (Phi) is 5.00. The first-order valence-corrected chi connectivity index (χ1v) is 9.70. The molecule has 0 aromatic heterocycles. The fourth-order valence-electron chi connectivity index (χ4n) is 3.87. The molecule has 0 aliphatic carbocycles. The van der Waals surface area contributed by atoms with E-state index in [1.54, 1.807) is 30.3 Å². The lowest BCUT2D eigenvalue weighted by atomic mass is 9.87. The Morgan fingerprint density at radius 1 is 1.10 bits per heavy atom. The van der Waals surface area contributed by atoms with Crippen LogP contribution in [0.3, 0.4) is 0 Å². The van der Waals surface area contributed by atoms with E-state index in [4.69, 9.17) is 11.6 Å². The molecule has 1 spiro atoms. The lowest BCUT2D eigenvalue weighted by Gasteiger charge is -2.37. The first kappa shape index (κ1) is 19.4. The first-order valence-electron chi connectivity index (χ1n) is 9.32. The normalized spacial score (nSPS) is 18.3. The summed E-state index contributed by atoms with van der Waals surface area (Å²) >= 11 is 5.98. The van der Waals surface area contributed by atoms with Crippen LogP contribution in [0, 0.1) is 5.82 Å². The van der Waals surface area contributed by atoms with Crippen molar-refractivity contribution in [3.63, 3.8) is 0 Å². The molecule has 2 aliphatic rings. The number of carbonyl (C=O) groups excluding carboxylic acids is 3. The number of urea groups is 1. The van der Waals surface area contributed by atoms with Gasteiger partial charge in [-0.25, -0.2) is 9.18 Å². The van der Waals surface area contributed by atoms with Crippen molar-refractivity contribution in [3.05, 3.63) is 70.5 Å². The molecule has 2 heterocycles. The third kappa shape index (κ3) is 3.58. The van der Waals surface area contributed by atoms with Crippen LogP contribution < -0.4 is 5.32 Å².